The summed E-state index contributed by atoms with van der Waals surface area (Å²) in [6.07, 6.45) is 1.70. The van der Waals surface area contributed by atoms with Crippen molar-refractivity contribution in [2.24, 2.45) is 0 Å². The van der Waals surface area contributed by atoms with Crippen LogP contribution in [-0.4, -0.2) is 10.8 Å². The van der Waals surface area contributed by atoms with Gasteiger partial charge in [-0.15, -0.1) is 0 Å². The molecule has 1 unspecified atom stereocenters. The summed E-state index contributed by atoms with van der Waals surface area (Å²) in [5, 5.41) is 0. The van der Waals surface area contributed by atoms with Gasteiger partial charge in [-0.1, -0.05) is 29.8 Å². The van der Waals surface area contributed by atoms with E-state index in [1.807, 2.05) is 24.3 Å². The SMILES string of the molecule is Cc1ccc(-c2ccc([S+](C)[O-])cc2)cc1. The van der Waals surface area contributed by atoms with Crippen LogP contribution in [0, 0.1) is 6.92 Å². The van der Waals surface area contributed by atoms with Gasteiger partial charge in [-0.2, -0.15) is 0 Å². The van der Waals surface area contributed by atoms with Crippen molar-refractivity contribution in [2.75, 3.05) is 6.26 Å². The molecule has 0 amide bonds. The maximum absolute atomic E-state index is 11.2. The Morgan fingerprint density at radius 2 is 1.25 bits per heavy atom. The topological polar surface area (TPSA) is 23.1 Å². The maximum atomic E-state index is 11.2. The van der Waals surface area contributed by atoms with Crippen LogP contribution in [0.3, 0.4) is 0 Å². The van der Waals surface area contributed by atoms with Crippen molar-refractivity contribution in [1.82, 2.24) is 0 Å². The van der Waals surface area contributed by atoms with Crippen molar-refractivity contribution in [1.29, 1.82) is 0 Å². The van der Waals surface area contributed by atoms with Crippen molar-refractivity contribution in [3.63, 3.8) is 0 Å². The molecule has 0 fully saturated rings. The molecule has 0 aliphatic rings. The Morgan fingerprint density at radius 1 is 0.812 bits per heavy atom. The van der Waals surface area contributed by atoms with E-state index in [2.05, 4.69) is 31.2 Å². The van der Waals surface area contributed by atoms with E-state index in [4.69, 9.17) is 0 Å². The van der Waals surface area contributed by atoms with E-state index >= 15 is 0 Å². The zero-order valence-corrected chi connectivity index (χ0v) is 10.3. The van der Waals surface area contributed by atoms with E-state index < -0.39 is 11.2 Å². The van der Waals surface area contributed by atoms with Crippen LogP contribution in [0.5, 0.6) is 0 Å². The summed E-state index contributed by atoms with van der Waals surface area (Å²) in [5.74, 6) is 0. The van der Waals surface area contributed by atoms with Crippen molar-refractivity contribution in [3.05, 3.63) is 54.1 Å². The summed E-state index contributed by atoms with van der Waals surface area (Å²) in [6.45, 7) is 2.08. The van der Waals surface area contributed by atoms with Gasteiger partial charge in [0.25, 0.3) is 0 Å². The highest BCUT2D eigenvalue weighted by molar-refractivity contribution is 7.90. The molecule has 0 N–H and O–H groups in total. The van der Waals surface area contributed by atoms with Gasteiger partial charge in [-0.3, -0.25) is 0 Å². The lowest BCUT2D eigenvalue weighted by atomic mass is 10.0. The van der Waals surface area contributed by atoms with Crippen molar-refractivity contribution >= 4 is 11.2 Å². The molecule has 2 aromatic rings. The zero-order valence-electron chi connectivity index (χ0n) is 9.44. The summed E-state index contributed by atoms with van der Waals surface area (Å²) in [5.41, 5.74) is 3.61. The molecule has 0 aromatic heterocycles. The molecule has 1 nitrogen and oxygen atoms in total. The first-order valence-electron chi connectivity index (χ1n) is 5.17. The molecule has 0 heterocycles. The minimum absolute atomic E-state index is 0.871. The summed E-state index contributed by atoms with van der Waals surface area (Å²) in [4.78, 5) is 0.871. The number of hydrogen-bond donors (Lipinski definition) is 0. The van der Waals surface area contributed by atoms with Crippen LogP contribution in [-0.2, 0) is 11.2 Å². The fourth-order valence-corrected chi connectivity index (χ4v) is 2.10. The summed E-state index contributed by atoms with van der Waals surface area (Å²) in [6, 6.07) is 16.3. The Labute approximate surface area is 99.3 Å². The van der Waals surface area contributed by atoms with Crippen LogP contribution >= 0.6 is 0 Å². The highest BCUT2D eigenvalue weighted by Crippen LogP contribution is 2.21. The van der Waals surface area contributed by atoms with Gasteiger partial charge >= 0.3 is 0 Å². The van der Waals surface area contributed by atoms with E-state index in [1.54, 1.807) is 6.26 Å². The van der Waals surface area contributed by atoms with Crippen LogP contribution in [0.1, 0.15) is 5.56 Å². The lowest BCUT2D eigenvalue weighted by Gasteiger charge is -2.06. The lowest BCUT2D eigenvalue weighted by molar-refractivity contribution is 0.601. The molecule has 0 spiro atoms. The summed E-state index contributed by atoms with van der Waals surface area (Å²) in [7, 11) is 0. The van der Waals surface area contributed by atoms with Gasteiger partial charge in [-0.25, -0.2) is 0 Å². The van der Waals surface area contributed by atoms with E-state index in [9.17, 15) is 4.55 Å². The minimum Gasteiger partial charge on any atom is -0.612 e. The first-order valence-corrected chi connectivity index (χ1v) is 6.73. The molecule has 0 radical (unpaired) electrons. The van der Waals surface area contributed by atoms with Gasteiger partial charge in [-0.05, 0) is 53.5 Å². The first kappa shape index (κ1) is 11.2. The van der Waals surface area contributed by atoms with Crippen molar-refractivity contribution in [2.45, 2.75) is 11.8 Å². The fourth-order valence-electron chi connectivity index (χ4n) is 1.59. The molecule has 2 heteroatoms. The molecule has 16 heavy (non-hydrogen) atoms. The van der Waals surface area contributed by atoms with Gasteiger partial charge < -0.3 is 4.55 Å². The third-order valence-corrected chi connectivity index (χ3v) is 3.51. The third-order valence-electron chi connectivity index (χ3n) is 2.57. The first-order chi connectivity index (χ1) is 7.66. The Hall–Kier alpha value is -1.25. The van der Waals surface area contributed by atoms with Crippen molar-refractivity contribution < 1.29 is 4.55 Å². The molecule has 0 bridgehead atoms. The lowest BCUT2D eigenvalue weighted by Crippen LogP contribution is -1.96. The van der Waals surface area contributed by atoms with Crippen LogP contribution < -0.4 is 0 Å². The van der Waals surface area contributed by atoms with Gasteiger partial charge in [0.05, 0.1) is 0 Å². The molecule has 1 atom stereocenters. The van der Waals surface area contributed by atoms with Gasteiger partial charge in [0.2, 0.25) is 0 Å². The monoisotopic (exact) mass is 230 g/mol. The van der Waals surface area contributed by atoms with Crippen LogP contribution in [0.4, 0.5) is 0 Å². The molecule has 0 saturated heterocycles. The molecular formula is C14H14OS. The molecular weight excluding hydrogens is 216 g/mol. The number of aryl methyl sites for hydroxylation is 1. The molecule has 82 valence electrons. The van der Waals surface area contributed by atoms with Crippen LogP contribution in [0.15, 0.2) is 53.4 Å². The normalized spacial score (nSPS) is 12.4. The van der Waals surface area contributed by atoms with E-state index in [1.165, 1.54) is 11.1 Å². The second-order valence-electron chi connectivity index (χ2n) is 3.84. The maximum Gasteiger partial charge on any atom is 0.152 e. The van der Waals surface area contributed by atoms with Crippen LogP contribution in [0.2, 0.25) is 0 Å². The van der Waals surface area contributed by atoms with E-state index in [0.717, 1.165) is 10.5 Å². The predicted molar refractivity (Wildman–Crippen MR) is 68.9 cm³/mol. The average molecular weight is 230 g/mol. The third kappa shape index (κ3) is 2.46. The highest BCUT2D eigenvalue weighted by Gasteiger charge is 2.03. The Morgan fingerprint density at radius 3 is 1.69 bits per heavy atom. The quantitative estimate of drug-likeness (QED) is 0.725. The van der Waals surface area contributed by atoms with E-state index in [-0.39, 0.29) is 0 Å². The Balaban J connectivity index is 2.31. The second kappa shape index (κ2) is 4.73. The minimum atomic E-state index is -0.897. The van der Waals surface area contributed by atoms with Gasteiger partial charge in [0.1, 0.15) is 6.26 Å². The smallest absolute Gasteiger partial charge is 0.152 e. The fraction of sp³-hybridized carbons (Fsp3) is 0.143. The number of hydrogen-bond acceptors (Lipinski definition) is 1. The van der Waals surface area contributed by atoms with E-state index in [0.29, 0.717) is 0 Å². The Bertz CT molecular complexity index is 457. The molecule has 0 saturated carbocycles. The number of benzene rings is 2. The highest BCUT2D eigenvalue weighted by atomic mass is 32.2. The largest absolute Gasteiger partial charge is 0.612 e. The van der Waals surface area contributed by atoms with Crippen LogP contribution in [0.25, 0.3) is 11.1 Å². The van der Waals surface area contributed by atoms with Gasteiger partial charge in [0.15, 0.2) is 4.90 Å². The Kier molecular flexibility index (Phi) is 3.32. The molecule has 0 aliphatic carbocycles. The number of rotatable bonds is 2. The second-order valence-corrected chi connectivity index (χ2v) is 5.22. The van der Waals surface area contributed by atoms with Crippen molar-refractivity contribution in [3.8, 4) is 11.1 Å². The molecule has 2 aromatic carbocycles. The molecule has 0 aliphatic heterocycles. The standard InChI is InChI=1S/C14H14OS/c1-11-3-5-12(6-4-11)13-7-9-14(10-8-13)16(2)15/h3-10H,1-2H3. The predicted octanol–water partition coefficient (Wildman–Crippen LogP) is 3.40. The summed E-state index contributed by atoms with van der Waals surface area (Å²) >= 11 is -0.897. The van der Waals surface area contributed by atoms with Gasteiger partial charge in [0, 0.05) is 0 Å². The average Bonchev–Trinajstić information content (AvgIpc) is 2.30. The zero-order chi connectivity index (χ0) is 11.5. The summed E-state index contributed by atoms with van der Waals surface area (Å²) < 4.78 is 11.2. The molecule has 2 rings (SSSR count).